The molecule has 0 unspecified atom stereocenters. The molecule has 0 nitrogen and oxygen atoms in total. The molecule has 2 aromatic carbocycles. The summed E-state index contributed by atoms with van der Waals surface area (Å²) in [4.78, 5) is 0. The van der Waals surface area contributed by atoms with E-state index in [1.807, 2.05) is 30.3 Å². The number of halogens is 2. The second-order valence-corrected chi connectivity index (χ2v) is 7.59. The molecule has 1 radical (unpaired) electrons. The van der Waals surface area contributed by atoms with E-state index < -0.39 is 8.11 Å². The Balaban J connectivity index is 1.92. The predicted molar refractivity (Wildman–Crippen MR) is 77.6 cm³/mol. The van der Waals surface area contributed by atoms with Gasteiger partial charge in [-0.2, -0.15) is 11.1 Å². The van der Waals surface area contributed by atoms with Crippen LogP contribution in [0.15, 0.2) is 54.6 Å². The Kier molecular flexibility index (Phi) is 4.66. The smallest absolute Gasteiger partial charge is 0.163 e. The normalized spacial score (nSPS) is 10.8. The fourth-order valence-electron chi connectivity index (χ4n) is 1.67. The third-order valence-electron chi connectivity index (χ3n) is 2.63. The van der Waals surface area contributed by atoms with E-state index in [2.05, 4.69) is 24.3 Å². The molecule has 0 fully saturated rings. The molecule has 17 heavy (non-hydrogen) atoms. The van der Waals surface area contributed by atoms with E-state index in [-0.39, 0.29) is 0 Å². The Hall–Kier alpha value is -0.763. The summed E-state index contributed by atoms with van der Waals surface area (Å²) in [5, 5.41) is 2.07. The first-order valence-corrected chi connectivity index (χ1v) is 8.66. The van der Waals surface area contributed by atoms with Crippen molar-refractivity contribution in [3.63, 3.8) is 0 Å². The number of benzene rings is 2. The molecule has 0 atom stereocenters. The van der Waals surface area contributed by atoms with Crippen LogP contribution in [0.25, 0.3) is 0 Å². The second kappa shape index (κ2) is 6.25. The lowest BCUT2D eigenvalue weighted by Gasteiger charge is -2.07. The van der Waals surface area contributed by atoms with Gasteiger partial charge in [0.05, 0.1) is 0 Å². The molecule has 0 aliphatic carbocycles. The van der Waals surface area contributed by atoms with Crippen LogP contribution in [0, 0.1) is 0 Å². The van der Waals surface area contributed by atoms with Gasteiger partial charge < -0.3 is 0 Å². The van der Waals surface area contributed by atoms with Crippen molar-refractivity contribution in [2.75, 3.05) is 0 Å². The molecular formula is C14H13Cl2Si. The molecule has 0 amide bonds. The van der Waals surface area contributed by atoms with Crippen molar-refractivity contribution in [2.45, 2.75) is 12.5 Å². The summed E-state index contributed by atoms with van der Waals surface area (Å²) in [7, 11) is -0.936. The zero-order valence-corrected chi connectivity index (χ0v) is 11.9. The maximum Gasteiger partial charge on any atom is 0.200 e. The summed E-state index contributed by atoms with van der Waals surface area (Å²) < 4.78 is 0. The highest BCUT2D eigenvalue weighted by Gasteiger charge is 2.10. The molecule has 0 aliphatic heterocycles. The van der Waals surface area contributed by atoms with Gasteiger partial charge in [0.1, 0.15) is 0 Å². The third kappa shape index (κ3) is 3.88. The summed E-state index contributed by atoms with van der Waals surface area (Å²) in [5.74, 6) is 0. The van der Waals surface area contributed by atoms with Gasteiger partial charge in [0, 0.05) is 5.02 Å². The summed E-state index contributed by atoms with van der Waals surface area (Å²) in [5.41, 5.74) is 1.30. The van der Waals surface area contributed by atoms with Gasteiger partial charge in [-0.15, -0.1) is 0 Å². The number of rotatable bonds is 4. The lowest BCUT2D eigenvalue weighted by molar-refractivity contribution is 1.12. The fraction of sp³-hybridized carbons (Fsp3) is 0.143. The van der Waals surface area contributed by atoms with Crippen LogP contribution in [0.1, 0.15) is 5.56 Å². The van der Waals surface area contributed by atoms with E-state index in [0.29, 0.717) is 0 Å². The lowest BCUT2D eigenvalue weighted by Crippen LogP contribution is -2.23. The highest BCUT2D eigenvalue weighted by atomic mass is 35.6. The third-order valence-corrected chi connectivity index (χ3v) is 5.76. The molecular weight excluding hydrogens is 267 g/mol. The number of aryl methyl sites for hydroxylation is 1. The van der Waals surface area contributed by atoms with Crippen molar-refractivity contribution in [1.29, 1.82) is 0 Å². The molecule has 0 saturated carbocycles. The highest BCUT2D eigenvalue weighted by molar-refractivity contribution is 7.14. The van der Waals surface area contributed by atoms with E-state index in [4.69, 9.17) is 22.7 Å². The van der Waals surface area contributed by atoms with Crippen LogP contribution in [-0.4, -0.2) is 8.11 Å². The maximum absolute atomic E-state index is 6.46. The van der Waals surface area contributed by atoms with E-state index >= 15 is 0 Å². The zero-order valence-electron chi connectivity index (χ0n) is 9.37. The first kappa shape index (κ1) is 12.7. The minimum atomic E-state index is -0.936. The monoisotopic (exact) mass is 279 g/mol. The number of hydrogen-bond donors (Lipinski definition) is 0. The van der Waals surface area contributed by atoms with Gasteiger partial charge in [-0.1, -0.05) is 54.1 Å². The van der Waals surface area contributed by atoms with Gasteiger partial charge in [0.15, 0.2) is 8.11 Å². The lowest BCUT2D eigenvalue weighted by atomic mass is 10.2. The SMILES string of the molecule is Clc1ccc(CC[Si](Cl)c2ccccc2)cc1. The van der Waals surface area contributed by atoms with Gasteiger partial charge in [0.2, 0.25) is 0 Å². The molecule has 2 aromatic rings. The molecule has 2 rings (SSSR count). The fourth-order valence-corrected chi connectivity index (χ4v) is 3.81. The average molecular weight is 280 g/mol. The zero-order chi connectivity index (χ0) is 12.1. The van der Waals surface area contributed by atoms with Crippen LogP contribution in [0.3, 0.4) is 0 Å². The summed E-state index contributed by atoms with van der Waals surface area (Å²) >= 11 is 12.3. The average Bonchev–Trinajstić information content (AvgIpc) is 2.39. The van der Waals surface area contributed by atoms with Crippen LogP contribution in [0.2, 0.25) is 11.1 Å². The van der Waals surface area contributed by atoms with E-state index in [0.717, 1.165) is 17.5 Å². The molecule has 0 heterocycles. The van der Waals surface area contributed by atoms with Gasteiger partial charge in [-0.3, -0.25) is 0 Å². The summed E-state index contributed by atoms with van der Waals surface area (Å²) in [6.07, 6.45) is 1.02. The van der Waals surface area contributed by atoms with E-state index in [9.17, 15) is 0 Å². The second-order valence-electron chi connectivity index (χ2n) is 3.90. The number of hydrogen-bond acceptors (Lipinski definition) is 0. The maximum atomic E-state index is 6.46. The van der Waals surface area contributed by atoms with E-state index in [1.54, 1.807) is 0 Å². The van der Waals surface area contributed by atoms with Gasteiger partial charge >= 0.3 is 0 Å². The Morgan fingerprint density at radius 1 is 0.882 bits per heavy atom. The minimum Gasteiger partial charge on any atom is -0.163 e. The molecule has 3 heteroatoms. The highest BCUT2D eigenvalue weighted by Crippen LogP contribution is 2.12. The van der Waals surface area contributed by atoms with Gasteiger partial charge in [-0.05, 0) is 35.3 Å². The summed E-state index contributed by atoms with van der Waals surface area (Å²) in [6.45, 7) is 0. The van der Waals surface area contributed by atoms with Gasteiger partial charge in [-0.25, -0.2) is 0 Å². The van der Waals surface area contributed by atoms with Crippen LogP contribution < -0.4 is 5.19 Å². The van der Waals surface area contributed by atoms with Crippen molar-refractivity contribution in [3.05, 3.63) is 65.2 Å². The molecule has 0 aromatic heterocycles. The van der Waals surface area contributed by atoms with Crippen LogP contribution in [0.4, 0.5) is 0 Å². The molecule has 0 bridgehead atoms. The van der Waals surface area contributed by atoms with Crippen molar-refractivity contribution in [3.8, 4) is 0 Å². The van der Waals surface area contributed by atoms with Crippen LogP contribution in [0.5, 0.6) is 0 Å². The van der Waals surface area contributed by atoms with Gasteiger partial charge in [0.25, 0.3) is 0 Å². The molecule has 0 N–H and O–H groups in total. The standard InChI is InChI=1S/C14H13Cl2Si/c15-13-8-6-12(7-9-13)10-11-17(16)14-4-2-1-3-5-14/h1-9H,10-11H2. The van der Waals surface area contributed by atoms with Crippen molar-refractivity contribution in [1.82, 2.24) is 0 Å². The predicted octanol–water partition coefficient (Wildman–Crippen LogP) is 4.02. The molecule has 0 saturated heterocycles. The minimum absolute atomic E-state index is 0.785. The molecule has 87 valence electrons. The topological polar surface area (TPSA) is 0 Å². The van der Waals surface area contributed by atoms with Crippen molar-refractivity contribution < 1.29 is 0 Å². The van der Waals surface area contributed by atoms with Crippen LogP contribution >= 0.6 is 22.7 Å². The summed E-state index contributed by atoms with van der Waals surface area (Å²) in [6, 6.07) is 19.4. The van der Waals surface area contributed by atoms with Crippen molar-refractivity contribution >= 4 is 36.0 Å². The first-order valence-electron chi connectivity index (χ1n) is 5.57. The van der Waals surface area contributed by atoms with Crippen LogP contribution in [-0.2, 0) is 6.42 Å². The molecule has 0 aliphatic rings. The largest absolute Gasteiger partial charge is 0.200 e. The van der Waals surface area contributed by atoms with Crippen molar-refractivity contribution in [2.24, 2.45) is 0 Å². The Morgan fingerprint density at radius 3 is 2.18 bits per heavy atom. The molecule has 0 spiro atoms. The Bertz CT molecular complexity index is 453. The Morgan fingerprint density at radius 2 is 1.53 bits per heavy atom. The Labute approximate surface area is 114 Å². The van der Waals surface area contributed by atoms with E-state index in [1.165, 1.54) is 10.8 Å². The first-order chi connectivity index (χ1) is 8.25. The quantitative estimate of drug-likeness (QED) is 0.586.